The van der Waals surface area contributed by atoms with Crippen LogP contribution in [-0.2, 0) is 6.54 Å². The summed E-state index contributed by atoms with van der Waals surface area (Å²) in [6.07, 6.45) is 1.86. The average molecular weight is 398 g/mol. The minimum Gasteiger partial charge on any atom is -0.349 e. The van der Waals surface area contributed by atoms with Gasteiger partial charge in [-0.25, -0.2) is 0 Å². The molecule has 1 saturated heterocycles. The quantitative estimate of drug-likeness (QED) is 0.783. The molecule has 1 N–H and O–H groups in total. The number of hydrogen-bond donors (Lipinski definition) is 1. The Balaban J connectivity index is 1.49. The first-order valence-corrected chi connectivity index (χ1v) is 9.37. The monoisotopic (exact) mass is 396 g/mol. The second-order valence-electron chi connectivity index (χ2n) is 6.28. The summed E-state index contributed by atoms with van der Waals surface area (Å²) in [7, 11) is 0. The van der Waals surface area contributed by atoms with Crippen LogP contribution in [0.4, 0.5) is 0 Å². The Hall–Kier alpha value is -1.26. The highest BCUT2D eigenvalue weighted by atomic mass is 35.5. The van der Waals surface area contributed by atoms with Crippen molar-refractivity contribution in [2.24, 2.45) is 0 Å². The number of piperidine rings is 1. The van der Waals surface area contributed by atoms with Crippen molar-refractivity contribution < 1.29 is 4.79 Å². The molecular formula is C19H19Cl3N2O. The minimum absolute atomic E-state index is 0.102. The Kier molecular flexibility index (Phi) is 6.24. The van der Waals surface area contributed by atoms with Crippen molar-refractivity contribution in [3.8, 4) is 0 Å². The number of amides is 1. The zero-order valence-corrected chi connectivity index (χ0v) is 15.9. The molecule has 6 heteroatoms. The third-order valence-corrected chi connectivity index (χ3v) is 5.42. The van der Waals surface area contributed by atoms with Crippen LogP contribution in [-0.4, -0.2) is 29.9 Å². The number of benzene rings is 2. The molecule has 0 bridgehead atoms. The van der Waals surface area contributed by atoms with Crippen LogP contribution in [0.2, 0.25) is 15.1 Å². The number of rotatable bonds is 4. The molecule has 0 atom stereocenters. The highest BCUT2D eigenvalue weighted by Crippen LogP contribution is 2.23. The fourth-order valence-electron chi connectivity index (χ4n) is 2.99. The zero-order valence-electron chi connectivity index (χ0n) is 13.6. The Morgan fingerprint density at radius 3 is 2.32 bits per heavy atom. The van der Waals surface area contributed by atoms with Crippen LogP contribution >= 0.6 is 34.8 Å². The second-order valence-corrected chi connectivity index (χ2v) is 7.53. The van der Waals surface area contributed by atoms with E-state index >= 15 is 0 Å². The van der Waals surface area contributed by atoms with Gasteiger partial charge >= 0.3 is 0 Å². The molecule has 1 aliphatic heterocycles. The normalized spacial score (nSPS) is 16.0. The number of carbonyl (C=O) groups is 1. The maximum atomic E-state index is 12.3. The van der Waals surface area contributed by atoms with E-state index in [-0.39, 0.29) is 11.9 Å². The van der Waals surface area contributed by atoms with Crippen molar-refractivity contribution in [2.75, 3.05) is 13.1 Å². The fourth-order valence-corrected chi connectivity index (χ4v) is 3.41. The molecule has 25 heavy (non-hydrogen) atoms. The van der Waals surface area contributed by atoms with E-state index in [4.69, 9.17) is 34.8 Å². The van der Waals surface area contributed by atoms with E-state index in [1.807, 2.05) is 12.1 Å². The summed E-state index contributed by atoms with van der Waals surface area (Å²) >= 11 is 17.8. The molecule has 0 unspecified atom stereocenters. The summed E-state index contributed by atoms with van der Waals surface area (Å²) in [5.74, 6) is -0.102. The molecule has 1 fully saturated rings. The molecule has 132 valence electrons. The summed E-state index contributed by atoms with van der Waals surface area (Å²) in [4.78, 5) is 14.7. The Morgan fingerprint density at radius 1 is 1.00 bits per heavy atom. The first-order chi connectivity index (χ1) is 12.0. The predicted molar refractivity (Wildman–Crippen MR) is 104 cm³/mol. The smallest absolute Gasteiger partial charge is 0.251 e. The minimum atomic E-state index is -0.102. The molecule has 3 nitrogen and oxygen atoms in total. The van der Waals surface area contributed by atoms with E-state index in [2.05, 4.69) is 22.3 Å². The van der Waals surface area contributed by atoms with Crippen LogP contribution < -0.4 is 5.32 Å². The topological polar surface area (TPSA) is 32.3 Å². The first kappa shape index (κ1) is 18.5. The van der Waals surface area contributed by atoms with Crippen LogP contribution in [0.3, 0.4) is 0 Å². The van der Waals surface area contributed by atoms with Gasteiger partial charge < -0.3 is 5.32 Å². The van der Waals surface area contributed by atoms with E-state index < -0.39 is 0 Å². The largest absolute Gasteiger partial charge is 0.349 e. The Bertz CT molecular complexity index is 741. The average Bonchev–Trinajstić information content (AvgIpc) is 2.61. The van der Waals surface area contributed by atoms with E-state index in [1.54, 1.807) is 18.2 Å². The van der Waals surface area contributed by atoms with Gasteiger partial charge in [-0.3, -0.25) is 9.69 Å². The van der Waals surface area contributed by atoms with Gasteiger partial charge in [0.15, 0.2) is 0 Å². The van der Waals surface area contributed by atoms with Gasteiger partial charge in [-0.2, -0.15) is 0 Å². The molecule has 1 amide bonds. The number of hydrogen-bond acceptors (Lipinski definition) is 2. The maximum Gasteiger partial charge on any atom is 0.251 e. The molecule has 0 spiro atoms. The van der Waals surface area contributed by atoms with Crippen LogP contribution in [0.1, 0.15) is 28.8 Å². The lowest BCUT2D eigenvalue weighted by Gasteiger charge is -2.32. The van der Waals surface area contributed by atoms with Crippen LogP contribution in [0.25, 0.3) is 0 Å². The van der Waals surface area contributed by atoms with Gasteiger partial charge in [0.2, 0.25) is 0 Å². The van der Waals surface area contributed by atoms with Crippen molar-refractivity contribution in [1.29, 1.82) is 0 Å². The standard InChI is InChI=1S/C19H19Cl3N2O/c20-15-4-1-13(2-5-15)12-24-9-7-16(8-10-24)23-19(25)14-3-6-17(21)18(22)11-14/h1-6,11,16H,7-10,12H2,(H,23,25). The molecule has 2 aromatic carbocycles. The molecule has 3 rings (SSSR count). The maximum absolute atomic E-state index is 12.3. The molecule has 1 aliphatic rings. The van der Waals surface area contributed by atoms with Gasteiger partial charge in [-0.15, -0.1) is 0 Å². The van der Waals surface area contributed by atoms with Crippen molar-refractivity contribution in [2.45, 2.75) is 25.4 Å². The SMILES string of the molecule is O=C(NC1CCN(Cc2ccc(Cl)cc2)CC1)c1ccc(Cl)c(Cl)c1. The van der Waals surface area contributed by atoms with Crippen molar-refractivity contribution in [3.63, 3.8) is 0 Å². The van der Waals surface area contributed by atoms with E-state index in [0.29, 0.717) is 15.6 Å². The molecule has 0 aromatic heterocycles. The van der Waals surface area contributed by atoms with Gasteiger partial charge in [0.25, 0.3) is 5.91 Å². The predicted octanol–water partition coefficient (Wildman–Crippen LogP) is 5.04. The number of halogens is 3. The molecule has 2 aromatic rings. The van der Waals surface area contributed by atoms with Gasteiger partial charge in [0.1, 0.15) is 0 Å². The first-order valence-electron chi connectivity index (χ1n) is 8.24. The zero-order chi connectivity index (χ0) is 17.8. The molecular weight excluding hydrogens is 379 g/mol. The Morgan fingerprint density at radius 2 is 1.68 bits per heavy atom. The van der Waals surface area contributed by atoms with Gasteiger partial charge in [0.05, 0.1) is 10.0 Å². The third kappa shape index (κ3) is 5.11. The molecule has 0 radical (unpaired) electrons. The van der Waals surface area contributed by atoms with Crippen molar-refractivity contribution in [3.05, 3.63) is 68.7 Å². The molecule has 0 aliphatic carbocycles. The van der Waals surface area contributed by atoms with E-state index in [9.17, 15) is 4.79 Å². The van der Waals surface area contributed by atoms with Crippen LogP contribution in [0, 0.1) is 0 Å². The lowest BCUT2D eigenvalue weighted by Crippen LogP contribution is -2.44. The highest BCUT2D eigenvalue weighted by Gasteiger charge is 2.21. The number of likely N-dealkylation sites (tertiary alicyclic amines) is 1. The van der Waals surface area contributed by atoms with Gasteiger partial charge in [0, 0.05) is 36.3 Å². The molecule has 0 saturated carbocycles. The number of nitrogens with one attached hydrogen (secondary N) is 1. The Labute approximate surface area is 162 Å². The lowest BCUT2D eigenvalue weighted by atomic mass is 10.0. The fraction of sp³-hybridized carbons (Fsp3) is 0.316. The number of nitrogens with zero attached hydrogens (tertiary/aromatic N) is 1. The van der Waals surface area contributed by atoms with Crippen molar-refractivity contribution >= 4 is 40.7 Å². The molecule has 1 heterocycles. The van der Waals surface area contributed by atoms with Crippen LogP contribution in [0.15, 0.2) is 42.5 Å². The van der Waals surface area contributed by atoms with Crippen LogP contribution in [0.5, 0.6) is 0 Å². The van der Waals surface area contributed by atoms with Crippen molar-refractivity contribution in [1.82, 2.24) is 10.2 Å². The second kappa shape index (κ2) is 8.41. The summed E-state index contributed by atoms with van der Waals surface area (Å²) in [5.41, 5.74) is 1.79. The number of carbonyl (C=O) groups excluding carboxylic acids is 1. The van der Waals surface area contributed by atoms with E-state index in [1.165, 1.54) is 5.56 Å². The van der Waals surface area contributed by atoms with Gasteiger partial charge in [-0.1, -0.05) is 46.9 Å². The summed E-state index contributed by atoms with van der Waals surface area (Å²) < 4.78 is 0. The summed E-state index contributed by atoms with van der Waals surface area (Å²) in [6.45, 7) is 2.81. The third-order valence-electron chi connectivity index (χ3n) is 4.42. The summed E-state index contributed by atoms with van der Waals surface area (Å²) in [5, 5.41) is 4.69. The van der Waals surface area contributed by atoms with E-state index in [0.717, 1.165) is 37.5 Å². The highest BCUT2D eigenvalue weighted by molar-refractivity contribution is 6.42. The van der Waals surface area contributed by atoms with Gasteiger partial charge in [-0.05, 0) is 48.7 Å². The summed E-state index contributed by atoms with van der Waals surface area (Å²) in [6, 6.07) is 13.1. The lowest BCUT2D eigenvalue weighted by molar-refractivity contribution is 0.0909.